The number of phenols is 1. The van der Waals surface area contributed by atoms with Crippen molar-refractivity contribution >= 4 is 43.0 Å². The van der Waals surface area contributed by atoms with E-state index < -0.39 is 20.1 Å². The normalized spacial score (nSPS) is 10.4. The fourth-order valence-electron chi connectivity index (χ4n) is 1.96. The van der Waals surface area contributed by atoms with Crippen molar-refractivity contribution in [3.63, 3.8) is 0 Å². The highest BCUT2D eigenvalue weighted by atomic mass is 32.2. The van der Waals surface area contributed by atoms with E-state index in [1.165, 1.54) is 38.5 Å². The van der Waals surface area contributed by atoms with Crippen LogP contribution in [0.5, 0.6) is 17.2 Å². The molecule has 0 saturated heterocycles. The second kappa shape index (κ2) is 11.0. The fraction of sp³-hybridized carbons (Fsp3) is 0.158. The third-order valence-corrected chi connectivity index (χ3v) is 4.23. The second-order valence-electron chi connectivity index (χ2n) is 5.56. The zero-order valence-corrected chi connectivity index (χ0v) is 17.6. The van der Waals surface area contributed by atoms with E-state index in [4.69, 9.17) is 15.2 Å². The number of nitrogens with two attached hydrogens (primary N) is 1. The quantitative estimate of drug-likeness (QED) is 0.534. The first-order valence-corrected chi connectivity index (χ1v) is 11.0. The molecule has 0 radical (unpaired) electrons. The molecule has 3 N–H and O–H groups in total. The predicted molar refractivity (Wildman–Crippen MR) is 114 cm³/mol. The number of ether oxygens (including phenoxy) is 2. The standard InChI is InChI=1S/C10H13NO3S.C9H8O4S/c1-14-10-4-3-8(7-9(10)11)5-6-15(2,12)13;1-13-9-6-7(2-3-8(9)10)4-5-14(11)12/h3-7H,11H2,1-2H3;2-4,6,10H,1H3. The van der Waals surface area contributed by atoms with Gasteiger partial charge in [-0.25, -0.2) is 8.42 Å². The number of rotatable bonds is 5. The van der Waals surface area contributed by atoms with Crippen LogP contribution in [0.2, 0.25) is 0 Å². The zero-order valence-electron chi connectivity index (χ0n) is 16.0. The lowest BCUT2D eigenvalue weighted by atomic mass is 10.2. The molecule has 29 heavy (non-hydrogen) atoms. The molecule has 0 fully saturated rings. The molecule has 8 nitrogen and oxygen atoms in total. The third-order valence-electron chi connectivity index (χ3n) is 3.29. The minimum absolute atomic E-state index is 0.00731. The minimum Gasteiger partial charge on any atom is -0.504 e. The number of hydrogen-bond donors (Lipinski definition) is 2. The van der Waals surface area contributed by atoms with Crippen molar-refractivity contribution < 1.29 is 31.4 Å². The highest BCUT2D eigenvalue weighted by Gasteiger charge is 2.00. The summed E-state index contributed by atoms with van der Waals surface area (Å²) in [5.41, 5.74) is 7.45. The van der Waals surface area contributed by atoms with Gasteiger partial charge < -0.3 is 20.3 Å². The Balaban J connectivity index is 0.000000291. The second-order valence-corrected chi connectivity index (χ2v) is 8.20. The number of sulfone groups is 1. The van der Waals surface area contributed by atoms with Crippen LogP contribution in [-0.4, -0.2) is 47.4 Å². The van der Waals surface area contributed by atoms with Gasteiger partial charge >= 0.3 is 0 Å². The van der Waals surface area contributed by atoms with Gasteiger partial charge in [-0.05, 0) is 41.5 Å². The summed E-state index contributed by atoms with van der Waals surface area (Å²) in [6, 6.07) is 9.56. The lowest BCUT2D eigenvalue weighted by molar-refractivity contribution is 0.373. The van der Waals surface area contributed by atoms with Crippen LogP contribution in [0.3, 0.4) is 0 Å². The summed E-state index contributed by atoms with van der Waals surface area (Å²) in [6.07, 6.45) is 3.91. The molecule has 0 saturated carbocycles. The first-order chi connectivity index (χ1) is 13.6. The summed E-state index contributed by atoms with van der Waals surface area (Å²) in [7, 11) is -2.50. The van der Waals surface area contributed by atoms with Crippen molar-refractivity contribution in [1.29, 1.82) is 0 Å². The Labute approximate surface area is 171 Å². The van der Waals surface area contributed by atoms with Gasteiger partial charge in [0.2, 0.25) is 0 Å². The van der Waals surface area contributed by atoms with Crippen molar-refractivity contribution in [2.45, 2.75) is 0 Å². The molecule has 0 bridgehead atoms. The number of phenolic OH excluding ortho intramolecular Hbond substituents is 1. The Kier molecular flexibility index (Phi) is 9.01. The number of anilines is 1. The Morgan fingerprint density at radius 3 is 2.17 bits per heavy atom. The molecule has 0 atom stereocenters. The van der Waals surface area contributed by atoms with Gasteiger partial charge in [0.1, 0.15) is 5.75 Å². The summed E-state index contributed by atoms with van der Waals surface area (Å²) < 4.78 is 51.9. The van der Waals surface area contributed by atoms with E-state index >= 15 is 0 Å². The summed E-state index contributed by atoms with van der Waals surface area (Å²) in [5, 5.41) is 12.5. The third kappa shape index (κ3) is 9.02. The Morgan fingerprint density at radius 2 is 1.66 bits per heavy atom. The molecule has 10 heteroatoms. The molecule has 2 aromatic carbocycles. The maximum Gasteiger partial charge on any atom is 0.260 e. The first-order valence-electron chi connectivity index (χ1n) is 7.93. The van der Waals surface area contributed by atoms with E-state index in [0.29, 0.717) is 17.0 Å². The lowest BCUT2D eigenvalue weighted by Crippen LogP contribution is -1.92. The summed E-state index contributed by atoms with van der Waals surface area (Å²) in [6.45, 7) is 0. The van der Waals surface area contributed by atoms with Crippen molar-refractivity contribution in [2.24, 2.45) is 0 Å². The maximum absolute atomic E-state index is 10.9. The monoisotopic (exact) mass is 439 g/mol. The zero-order chi connectivity index (χ0) is 22.0. The van der Waals surface area contributed by atoms with Crippen molar-refractivity contribution in [3.05, 3.63) is 52.9 Å². The molecule has 0 aromatic heterocycles. The molecule has 156 valence electrons. The van der Waals surface area contributed by atoms with Gasteiger partial charge in [0.15, 0.2) is 21.3 Å². The number of methoxy groups -OCH3 is 2. The van der Waals surface area contributed by atoms with Crippen LogP contribution < -0.4 is 15.2 Å². The number of hydrogen-bond acceptors (Lipinski definition) is 8. The molecule has 0 heterocycles. The van der Waals surface area contributed by atoms with E-state index in [9.17, 15) is 21.9 Å². The summed E-state index contributed by atoms with van der Waals surface area (Å²) in [5.74, 6) is 0.872. The molecular formula is C19H21NO7S2. The maximum atomic E-state index is 10.9. The van der Waals surface area contributed by atoms with Crippen LogP contribution in [0.15, 0.2) is 41.8 Å². The van der Waals surface area contributed by atoms with Crippen LogP contribution in [0, 0.1) is 0 Å². The Morgan fingerprint density at radius 1 is 1.03 bits per heavy atom. The van der Waals surface area contributed by atoms with Crippen LogP contribution in [0.25, 0.3) is 12.2 Å². The molecular weight excluding hydrogens is 418 g/mol. The molecule has 0 unspecified atom stereocenters. The van der Waals surface area contributed by atoms with Crippen LogP contribution in [-0.2, 0) is 20.1 Å². The van der Waals surface area contributed by atoms with E-state index in [1.54, 1.807) is 24.3 Å². The van der Waals surface area contributed by atoms with Gasteiger partial charge in [0.25, 0.3) is 10.3 Å². The number of benzene rings is 2. The van der Waals surface area contributed by atoms with Crippen LogP contribution >= 0.6 is 0 Å². The molecule has 0 amide bonds. The van der Waals surface area contributed by atoms with Gasteiger partial charge in [-0.2, -0.15) is 8.42 Å². The predicted octanol–water partition coefficient (Wildman–Crippen LogP) is 1.99. The van der Waals surface area contributed by atoms with Gasteiger partial charge in [-0.1, -0.05) is 12.1 Å². The SMILES string of the molecule is COc1cc(C=C=S(=O)=O)ccc1O.COc1ccc(C=CS(C)(=O)=O)cc1N. The molecule has 0 aliphatic carbocycles. The molecule has 0 aliphatic rings. The highest BCUT2D eigenvalue weighted by molar-refractivity contribution is 7.93. The van der Waals surface area contributed by atoms with E-state index in [0.717, 1.165) is 17.2 Å². The van der Waals surface area contributed by atoms with Crippen molar-refractivity contribution in [2.75, 3.05) is 26.2 Å². The molecule has 2 aromatic rings. The summed E-state index contributed by atoms with van der Waals surface area (Å²) >= 11 is 0. The van der Waals surface area contributed by atoms with E-state index in [2.05, 4.69) is 5.02 Å². The van der Waals surface area contributed by atoms with Gasteiger partial charge in [-0.3, -0.25) is 0 Å². The number of nitrogen functional groups attached to an aromatic ring is 1. The van der Waals surface area contributed by atoms with E-state index in [1.807, 2.05) is 0 Å². The van der Waals surface area contributed by atoms with Gasteiger partial charge in [0.05, 0.1) is 19.9 Å². The largest absolute Gasteiger partial charge is 0.504 e. The smallest absolute Gasteiger partial charge is 0.260 e. The average Bonchev–Trinajstić information content (AvgIpc) is 2.65. The molecule has 0 aliphatic heterocycles. The van der Waals surface area contributed by atoms with Gasteiger partial charge in [0, 0.05) is 22.8 Å². The van der Waals surface area contributed by atoms with Gasteiger partial charge in [-0.15, -0.1) is 0 Å². The average molecular weight is 440 g/mol. The van der Waals surface area contributed by atoms with Crippen molar-refractivity contribution in [3.8, 4) is 17.2 Å². The lowest BCUT2D eigenvalue weighted by Gasteiger charge is -2.04. The first kappa shape index (κ1) is 23.8. The van der Waals surface area contributed by atoms with E-state index in [-0.39, 0.29) is 11.5 Å². The molecule has 2 rings (SSSR count). The van der Waals surface area contributed by atoms with Crippen LogP contribution in [0.1, 0.15) is 11.1 Å². The fourth-order valence-corrected chi connectivity index (χ4v) is 2.60. The number of aromatic hydroxyl groups is 1. The topological polar surface area (TPSA) is 133 Å². The highest BCUT2D eigenvalue weighted by Crippen LogP contribution is 2.26. The minimum atomic E-state index is -3.10. The Hall–Kier alpha value is -3.20. The summed E-state index contributed by atoms with van der Waals surface area (Å²) in [4.78, 5) is 0. The molecule has 0 spiro atoms. The van der Waals surface area contributed by atoms with Crippen molar-refractivity contribution in [1.82, 2.24) is 0 Å². The Bertz CT molecular complexity index is 1150. The van der Waals surface area contributed by atoms with Crippen LogP contribution in [0.4, 0.5) is 5.69 Å².